The molecule has 0 saturated heterocycles. The summed E-state index contributed by atoms with van der Waals surface area (Å²) in [4.78, 5) is 0. The molecule has 1 aromatic carbocycles. The fourth-order valence-corrected chi connectivity index (χ4v) is 3.19. The Morgan fingerprint density at radius 3 is 2.73 bits per heavy atom. The molecule has 1 saturated carbocycles. The van der Waals surface area contributed by atoms with Gasteiger partial charge in [0.2, 0.25) is 0 Å². The van der Waals surface area contributed by atoms with Gasteiger partial charge in [0.15, 0.2) is 0 Å². The van der Waals surface area contributed by atoms with E-state index in [9.17, 15) is 0 Å². The van der Waals surface area contributed by atoms with E-state index in [0.29, 0.717) is 0 Å². The van der Waals surface area contributed by atoms with Crippen molar-refractivity contribution < 1.29 is 0 Å². The largest absolute Gasteiger partial charge is 0.338 e. The van der Waals surface area contributed by atoms with E-state index in [1.807, 2.05) is 0 Å². The molecule has 1 aliphatic carbocycles. The van der Waals surface area contributed by atoms with Gasteiger partial charge >= 0.3 is 0 Å². The van der Waals surface area contributed by atoms with Crippen LogP contribution in [0.1, 0.15) is 29.9 Å². The number of rotatable bonds is 1. The van der Waals surface area contributed by atoms with Crippen molar-refractivity contribution in [2.45, 2.75) is 25.7 Å². The lowest BCUT2D eigenvalue weighted by atomic mass is 10.1. The van der Waals surface area contributed by atoms with Crippen LogP contribution in [0.25, 0.3) is 10.9 Å². The molecule has 2 heteroatoms. The number of fused-ring (bicyclic) bond motifs is 1. The summed E-state index contributed by atoms with van der Waals surface area (Å²) in [6.07, 6.45) is 2.71. The fourth-order valence-electron chi connectivity index (χ4n) is 2.47. The molecule has 1 nitrogen and oxygen atoms in total. The molecule has 15 heavy (non-hydrogen) atoms. The summed E-state index contributed by atoms with van der Waals surface area (Å²) in [5.41, 5.74) is 4.27. The highest BCUT2D eigenvalue weighted by atomic mass is 79.9. The van der Waals surface area contributed by atoms with Crippen LogP contribution in [0.5, 0.6) is 0 Å². The van der Waals surface area contributed by atoms with Crippen LogP contribution in [-0.4, -0.2) is 4.57 Å². The van der Waals surface area contributed by atoms with Crippen molar-refractivity contribution in [3.05, 3.63) is 33.9 Å². The van der Waals surface area contributed by atoms with Crippen LogP contribution in [-0.2, 0) is 7.05 Å². The third-order valence-electron chi connectivity index (χ3n) is 3.37. The normalized spacial score (nSPS) is 16.2. The Morgan fingerprint density at radius 2 is 2.07 bits per heavy atom. The second-order valence-electron chi connectivity index (χ2n) is 4.51. The zero-order valence-electron chi connectivity index (χ0n) is 9.05. The van der Waals surface area contributed by atoms with Crippen LogP contribution in [0.3, 0.4) is 0 Å². The molecule has 0 bridgehead atoms. The minimum Gasteiger partial charge on any atom is -0.338 e. The van der Waals surface area contributed by atoms with Gasteiger partial charge in [0.25, 0.3) is 0 Å². The van der Waals surface area contributed by atoms with Gasteiger partial charge in [0.1, 0.15) is 0 Å². The first-order valence-corrected chi connectivity index (χ1v) is 6.23. The molecule has 2 aromatic rings. The summed E-state index contributed by atoms with van der Waals surface area (Å²) < 4.78 is 3.55. The summed E-state index contributed by atoms with van der Waals surface area (Å²) in [7, 11) is 2.14. The summed E-state index contributed by atoms with van der Waals surface area (Å²) >= 11 is 3.73. The average molecular weight is 264 g/mol. The molecule has 3 rings (SSSR count). The molecule has 1 fully saturated rings. The molecule has 78 valence electrons. The Balaban J connectivity index is 2.44. The van der Waals surface area contributed by atoms with E-state index in [-0.39, 0.29) is 0 Å². The third-order valence-corrected chi connectivity index (χ3v) is 4.32. The first-order valence-electron chi connectivity index (χ1n) is 5.43. The molecule has 0 spiro atoms. The SMILES string of the molecule is Cc1cccc2c(C3CC3)c(Br)n(C)c12. The van der Waals surface area contributed by atoms with Gasteiger partial charge in [0.05, 0.1) is 10.1 Å². The van der Waals surface area contributed by atoms with Gasteiger partial charge < -0.3 is 4.57 Å². The predicted octanol–water partition coefficient (Wildman–Crippen LogP) is 4.13. The summed E-state index contributed by atoms with van der Waals surface area (Å²) in [5, 5.41) is 1.44. The van der Waals surface area contributed by atoms with Crippen molar-refractivity contribution in [1.29, 1.82) is 0 Å². The van der Waals surface area contributed by atoms with E-state index in [4.69, 9.17) is 0 Å². The molecular formula is C13H14BrN. The lowest BCUT2D eigenvalue weighted by Gasteiger charge is -2.00. The van der Waals surface area contributed by atoms with Crippen LogP contribution < -0.4 is 0 Å². The van der Waals surface area contributed by atoms with E-state index in [0.717, 1.165) is 5.92 Å². The topological polar surface area (TPSA) is 4.93 Å². The average Bonchev–Trinajstić information content (AvgIpc) is 2.98. The van der Waals surface area contributed by atoms with Crippen molar-refractivity contribution in [3.63, 3.8) is 0 Å². The molecule has 0 atom stereocenters. The lowest BCUT2D eigenvalue weighted by molar-refractivity contribution is 0.918. The second kappa shape index (κ2) is 3.11. The molecular weight excluding hydrogens is 250 g/mol. The van der Waals surface area contributed by atoms with Crippen LogP contribution in [0.4, 0.5) is 0 Å². The van der Waals surface area contributed by atoms with Crippen molar-refractivity contribution in [2.75, 3.05) is 0 Å². The number of aromatic nitrogens is 1. The highest BCUT2D eigenvalue weighted by molar-refractivity contribution is 9.10. The number of aryl methyl sites for hydroxylation is 2. The van der Waals surface area contributed by atoms with Gasteiger partial charge in [-0.1, -0.05) is 18.2 Å². The van der Waals surface area contributed by atoms with Crippen molar-refractivity contribution in [2.24, 2.45) is 7.05 Å². The Kier molecular flexibility index (Phi) is 1.96. The zero-order chi connectivity index (χ0) is 10.6. The molecule has 1 aromatic heterocycles. The minimum atomic E-state index is 0.796. The van der Waals surface area contributed by atoms with Gasteiger partial charge in [-0.05, 0) is 52.7 Å². The Labute approximate surface area is 98.2 Å². The van der Waals surface area contributed by atoms with E-state index < -0.39 is 0 Å². The Bertz CT molecular complexity index is 535. The first-order chi connectivity index (χ1) is 7.20. The highest BCUT2D eigenvalue weighted by Crippen LogP contribution is 2.47. The standard InChI is InChI=1S/C13H14BrN/c1-8-4-3-5-10-11(9-6-7-9)13(14)15(2)12(8)10/h3-5,9H,6-7H2,1-2H3. The number of hydrogen-bond donors (Lipinski definition) is 0. The van der Waals surface area contributed by atoms with E-state index in [2.05, 4.69) is 52.7 Å². The number of benzene rings is 1. The van der Waals surface area contributed by atoms with Crippen LogP contribution in [0, 0.1) is 6.92 Å². The van der Waals surface area contributed by atoms with Crippen LogP contribution in [0.2, 0.25) is 0 Å². The zero-order valence-corrected chi connectivity index (χ0v) is 10.6. The van der Waals surface area contributed by atoms with Gasteiger partial charge in [-0.3, -0.25) is 0 Å². The molecule has 0 N–H and O–H groups in total. The molecule has 0 unspecified atom stereocenters. The summed E-state index contributed by atoms with van der Waals surface area (Å²) in [6, 6.07) is 6.60. The number of hydrogen-bond acceptors (Lipinski definition) is 0. The number of halogens is 1. The summed E-state index contributed by atoms with van der Waals surface area (Å²) in [6.45, 7) is 2.19. The smallest absolute Gasteiger partial charge is 0.0890 e. The Hall–Kier alpha value is -0.760. The maximum Gasteiger partial charge on any atom is 0.0890 e. The quantitative estimate of drug-likeness (QED) is 0.730. The van der Waals surface area contributed by atoms with Crippen molar-refractivity contribution in [1.82, 2.24) is 4.57 Å². The van der Waals surface area contributed by atoms with E-state index in [1.54, 1.807) is 0 Å². The third kappa shape index (κ3) is 1.27. The second-order valence-corrected chi connectivity index (χ2v) is 5.26. The van der Waals surface area contributed by atoms with Crippen LogP contribution >= 0.6 is 15.9 Å². The number of para-hydroxylation sites is 1. The van der Waals surface area contributed by atoms with E-state index >= 15 is 0 Å². The van der Waals surface area contributed by atoms with Gasteiger partial charge in [-0.2, -0.15) is 0 Å². The van der Waals surface area contributed by atoms with Crippen molar-refractivity contribution >= 4 is 26.8 Å². The molecule has 0 amide bonds. The lowest BCUT2D eigenvalue weighted by Crippen LogP contribution is -1.89. The maximum absolute atomic E-state index is 3.73. The fraction of sp³-hybridized carbons (Fsp3) is 0.385. The Morgan fingerprint density at radius 1 is 1.33 bits per heavy atom. The first kappa shape index (κ1) is 9.46. The van der Waals surface area contributed by atoms with Crippen molar-refractivity contribution in [3.8, 4) is 0 Å². The molecule has 1 heterocycles. The molecule has 0 radical (unpaired) electrons. The van der Waals surface area contributed by atoms with Gasteiger partial charge in [0, 0.05) is 12.4 Å². The summed E-state index contributed by atoms with van der Waals surface area (Å²) in [5.74, 6) is 0.796. The number of nitrogens with zero attached hydrogens (tertiary/aromatic N) is 1. The molecule has 0 aliphatic heterocycles. The van der Waals surface area contributed by atoms with Gasteiger partial charge in [-0.15, -0.1) is 0 Å². The maximum atomic E-state index is 3.73. The van der Waals surface area contributed by atoms with E-state index in [1.165, 1.54) is 39.5 Å². The highest BCUT2D eigenvalue weighted by Gasteiger charge is 2.30. The predicted molar refractivity (Wildman–Crippen MR) is 67.3 cm³/mol. The van der Waals surface area contributed by atoms with Crippen LogP contribution in [0.15, 0.2) is 22.8 Å². The molecule has 1 aliphatic rings. The minimum absolute atomic E-state index is 0.796. The monoisotopic (exact) mass is 263 g/mol. The van der Waals surface area contributed by atoms with Gasteiger partial charge in [-0.25, -0.2) is 0 Å².